The van der Waals surface area contributed by atoms with Gasteiger partial charge in [0.15, 0.2) is 0 Å². The molecule has 84 valence electrons. The molecule has 0 heterocycles. The van der Waals surface area contributed by atoms with Gasteiger partial charge in [-0.15, -0.1) is 0 Å². The number of rotatable bonds is 3. The van der Waals surface area contributed by atoms with Crippen LogP contribution in [0.3, 0.4) is 0 Å². The van der Waals surface area contributed by atoms with E-state index < -0.39 is 0 Å². The molecule has 5 atom stereocenters. The van der Waals surface area contributed by atoms with E-state index >= 15 is 0 Å². The van der Waals surface area contributed by atoms with Crippen LogP contribution in [-0.4, -0.2) is 23.8 Å². The molecule has 0 radical (unpaired) electrons. The van der Waals surface area contributed by atoms with Gasteiger partial charge in [-0.05, 0) is 56.4 Å². The summed E-state index contributed by atoms with van der Waals surface area (Å²) in [7, 11) is 0. The summed E-state index contributed by atoms with van der Waals surface area (Å²) in [5.41, 5.74) is 0. The highest BCUT2D eigenvalue weighted by Crippen LogP contribution is 2.42. The normalized spacial score (nSPS) is 47.9. The molecule has 3 aliphatic carbocycles. The third kappa shape index (κ3) is 1.85. The highest BCUT2D eigenvalue weighted by molar-refractivity contribution is 5.12. The van der Waals surface area contributed by atoms with Crippen molar-refractivity contribution in [3.05, 3.63) is 12.2 Å². The summed E-state index contributed by atoms with van der Waals surface area (Å²) in [6.45, 7) is 1.12. The molecule has 0 bridgehead atoms. The van der Waals surface area contributed by atoms with Crippen LogP contribution < -0.4 is 5.32 Å². The average Bonchev–Trinajstić information content (AvgIpc) is 2.75. The summed E-state index contributed by atoms with van der Waals surface area (Å²) in [4.78, 5) is 0. The van der Waals surface area contributed by atoms with Crippen molar-refractivity contribution in [2.75, 3.05) is 6.54 Å². The Bertz CT molecular complexity index is 263. The number of hydrogen-bond acceptors (Lipinski definition) is 2. The fourth-order valence-corrected chi connectivity index (χ4v) is 3.50. The molecular formula is C13H21NO. The molecule has 3 rings (SSSR count). The first kappa shape index (κ1) is 9.86. The van der Waals surface area contributed by atoms with Crippen molar-refractivity contribution in [2.24, 2.45) is 17.8 Å². The zero-order valence-corrected chi connectivity index (χ0v) is 9.23. The molecule has 0 aliphatic heterocycles. The van der Waals surface area contributed by atoms with Gasteiger partial charge < -0.3 is 10.4 Å². The first-order valence-electron chi connectivity index (χ1n) is 6.41. The topological polar surface area (TPSA) is 32.3 Å². The Morgan fingerprint density at radius 2 is 2.20 bits per heavy atom. The van der Waals surface area contributed by atoms with Gasteiger partial charge in [0.1, 0.15) is 0 Å². The third-order valence-electron chi connectivity index (χ3n) is 4.55. The zero-order valence-electron chi connectivity index (χ0n) is 9.23. The molecule has 15 heavy (non-hydrogen) atoms. The van der Waals surface area contributed by atoms with Crippen LogP contribution in [0.5, 0.6) is 0 Å². The summed E-state index contributed by atoms with van der Waals surface area (Å²) in [5.74, 6) is 2.51. The second kappa shape index (κ2) is 3.91. The quantitative estimate of drug-likeness (QED) is 0.690. The minimum atomic E-state index is -0.0164. The van der Waals surface area contributed by atoms with Crippen LogP contribution in [0.2, 0.25) is 0 Å². The van der Waals surface area contributed by atoms with E-state index in [9.17, 15) is 5.11 Å². The fraction of sp³-hybridized carbons (Fsp3) is 0.846. The van der Waals surface area contributed by atoms with Gasteiger partial charge in [0.05, 0.1) is 6.10 Å². The average molecular weight is 207 g/mol. The molecule has 0 aromatic rings. The Kier molecular flexibility index (Phi) is 2.57. The molecule has 0 aromatic heterocycles. The number of allylic oxidation sites excluding steroid dienone is 1. The van der Waals surface area contributed by atoms with E-state index in [1.54, 1.807) is 0 Å². The van der Waals surface area contributed by atoms with E-state index in [2.05, 4.69) is 17.5 Å². The fourth-order valence-electron chi connectivity index (χ4n) is 3.50. The van der Waals surface area contributed by atoms with Gasteiger partial charge in [0.25, 0.3) is 0 Å². The lowest BCUT2D eigenvalue weighted by Crippen LogP contribution is -2.49. The van der Waals surface area contributed by atoms with Gasteiger partial charge in [-0.2, -0.15) is 0 Å². The largest absolute Gasteiger partial charge is 0.393 e. The maximum Gasteiger partial charge on any atom is 0.0543 e. The lowest BCUT2D eigenvalue weighted by atomic mass is 9.71. The molecule has 2 saturated carbocycles. The monoisotopic (exact) mass is 207 g/mol. The molecule has 2 heteroatoms. The van der Waals surface area contributed by atoms with Gasteiger partial charge in [-0.3, -0.25) is 0 Å². The van der Waals surface area contributed by atoms with Gasteiger partial charge in [0.2, 0.25) is 0 Å². The van der Waals surface area contributed by atoms with Crippen LogP contribution in [0.15, 0.2) is 12.2 Å². The molecule has 0 spiro atoms. The van der Waals surface area contributed by atoms with E-state index in [-0.39, 0.29) is 6.10 Å². The Morgan fingerprint density at radius 3 is 2.93 bits per heavy atom. The Balaban J connectivity index is 1.41. The van der Waals surface area contributed by atoms with Crippen LogP contribution in [0.25, 0.3) is 0 Å². The second-order valence-corrected chi connectivity index (χ2v) is 5.58. The van der Waals surface area contributed by atoms with Gasteiger partial charge >= 0.3 is 0 Å². The number of fused-ring (bicyclic) bond motifs is 1. The maximum atomic E-state index is 9.45. The predicted octanol–water partition coefficient (Wildman–Crippen LogP) is 1.70. The first-order chi connectivity index (χ1) is 7.33. The molecule has 5 unspecified atom stereocenters. The molecule has 0 saturated heterocycles. The molecule has 3 aliphatic rings. The minimum absolute atomic E-state index is 0.0164. The smallest absolute Gasteiger partial charge is 0.0543 e. The van der Waals surface area contributed by atoms with E-state index in [0.717, 1.165) is 43.2 Å². The molecule has 2 nitrogen and oxygen atoms in total. The number of hydrogen-bond donors (Lipinski definition) is 2. The molecule has 0 amide bonds. The SMILES string of the molecule is OC1CCC(CNC2CC3CC=CC32)C1. The Labute approximate surface area is 91.8 Å². The molecule has 0 aromatic carbocycles. The Hall–Kier alpha value is -0.340. The Morgan fingerprint density at radius 1 is 1.27 bits per heavy atom. The highest BCUT2D eigenvalue weighted by Gasteiger charge is 2.40. The van der Waals surface area contributed by atoms with Crippen molar-refractivity contribution >= 4 is 0 Å². The number of aliphatic hydroxyl groups is 1. The summed E-state index contributed by atoms with van der Waals surface area (Å²) in [6, 6.07) is 0.742. The van der Waals surface area contributed by atoms with Crippen molar-refractivity contribution in [3.63, 3.8) is 0 Å². The van der Waals surface area contributed by atoms with E-state index in [1.165, 1.54) is 19.3 Å². The van der Waals surface area contributed by atoms with Gasteiger partial charge in [-0.25, -0.2) is 0 Å². The summed E-state index contributed by atoms with van der Waals surface area (Å²) >= 11 is 0. The molecular weight excluding hydrogens is 186 g/mol. The summed E-state index contributed by atoms with van der Waals surface area (Å²) in [6.07, 6.45) is 10.7. The zero-order chi connectivity index (χ0) is 10.3. The van der Waals surface area contributed by atoms with Crippen molar-refractivity contribution < 1.29 is 5.11 Å². The van der Waals surface area contributed by atoms with E-state index in [1.807, 2.05) is 0 Å². The maximum absolute atomic E-state index is 9.45. The van der Waals surface area contributed by atoms with E-state index in [4.69, 9.17) is 0 Å². The third-order valence-corrected chi connectivity index (χ3v) is 4.55. The van der Waals surface area contributed by atoms with Crippen molar-refractivity contribution in [1.29, 1.82) is 0 Å². The van der Waals surface area contributed by atoms with Crippen LogP contribution >= 0.6 is 0 Å². The highest BCUT2D eigenvalue weighted by atomic mass is 16.3. The van der Waals surface area contributed by atoms with Crippen LogP contribution in [0, 0.1) is 17.8 Å². The first-order valence-corrected chi connectivity index (χ1v) is 6.41. The predicted molar refractivity (Wildman–Crippen MR) is 60.5 cm³/mol. The lowest BCUT2D eigenvalue weighted by molar-refractivity contribution is 0.152. The summed E-state index contributed by atoms with van der Waals surface area (Å²) in [5, 5.41) is 13.1. The number of nitrogens with one attached hydrogen (secondary N) is 1. The van der Waals surface area contributed by atoms with Gasteiger partial charge in [-0.1, -0.05) is 12.2 Å². The molecule has 2 N–H and O–H groups in total. The van der Waals surface area contributed by atoms with Crippen molar-refractivity contribution in [1.82, 2.24) is 5.32 Å². The summed E-state index contributed by atoms with van der Waals surface area (Å²) < 4.78 is 0. The van der Waals surface area contributed by atoms with Crippen molar-refractivity contribution in [2.45, 2.75) is 44.2 Å². The molecule has 2 fully saturated rings. The minimum Gasteiger partial charge on any atom is -0.393 e. The van der Waals surface area contributed by atoms with Crippen LogP contribution in [0.1, 0.15) is 32.1 Å². The van der Waals surface area contributed by atoms with Crippen LogP contribution in [-0.2, 0) is 0 Å². The lowest BCUT2D eigenvalue weighted by Gasteiger charge is -2.41. The van der Waals surface area contributed by atoms with E-state index in [0.29, 0.717) is 0 Å². The van der Waals surface area contributed by atoms with Crippen LogP contribution in [0.4, 0.5) is 0 Å². The second-order valence-electron chi connectivity index (χ2n) is 5.58. The van der Waals surface area contributed by atoms with Crippen molar-refractivity contribution in [3.8, 4) is 0 Å². The number of aliphatic hydroxyl groups excluding tert-OH is 1. The van der Waals surface area contributed by atoms with Gasteiger partial charge in [0, 0.05) is 6.04 Å². The standard InChI is InChI=1S/C13H21NO/c15-11-5-4-9(6-11)8-14-13-7-10-2-1-3-12(10)13/h1,3,9-15H,2,4-8H2.